The molecule has 2 aromatic heterocycles. The Bertz CT molecular complexity index is 1110. The molecular formula is C23H26FN5O2. The molecule has 1 aromatic carbocycles. The van der Waals surface area contributed by atoms with Crippen LogP contribution < -0.4 is 20.3 Å². The van der Waals surface area contributed by atoms with Crippen LogP contribution in [0.2, 0.25) is 0 Å². The lowest BCUT2D eigenvalue weighted by Gasteiger charge is -2.31. The number of rotatable bonds is 4. The zero-order valence-electron chi connectivity index (χ0n) is 17.5. The van der Waals surface area contributed by atoms with Gasteiger partial charge in [0.1, 0.15) is 18.0 Å². The Hall–Kier alpha value is -3.13. The minimum atomic E-state index is -1.17. The van der Waals surface area contributed by atoms with Crippen molar-refractivity contribution in [1.29, 1.82) is 0 Å². The van der Waals surface area contributed by atoms with E-state index in [0.29, 0.717) is 24.2 Å². The van der Waals surface area contributed by atoms with Crippen molar-refractivity contribution in [3.05, 3.63) is 53.9 Å². The van der Waals surface area contributed by atoms with E-state index in [-0.39, 0.29) is 11.9 Å². The summed E-state index contributed by atoms with van der Waals surface area (Å²) in [6.45, 7) is 5.84. The lowest BCUT2D eigenvalue weighted by atomic mass is 10.0. The Morgan fingerprint density at radius 3 is 2.94 bits per heavy atom. The number of benzene rings is 1. The van der Waals surface area contributed by atoms with Crippen LogP contribution in [0.5, 0.6) is 5.75 Å². The first-order chi connectivity index (χ1) is 15.1. The fraction of sp³-hybridized carbons (Fsp3) is 0.391. The first kappa shape index (κ1) is 19.8. The summed E-state index contributed by atoms with van der Waals surface area (Å²) in [7, 11) is 0. The standard InChI is InChI=1S/C23H26FN5O2/c1-15(24)29-7-4-17-10-18(13-26-22(17)29)23(30)27-19-11-16-2-3-20(12-21(16)31-14-19)28-8-5-25-6-9-28/h2-4,7,10,12-13,15,19,25H,5-6,8-9,11,14H2,1H3,(H,27,30)/t15?,19-/m0/s1. The normalized spacial score (nSPS) is 19.5. The quantitative estimate of drug-likeness (QED) is 0.675. The van der Waals surface area contributed by atoms with Gasteiger partial charge in [0, 0.05) is 55.7 Å². The number of nitrogens with zero attached hydrogens (tertiary/aromatic N) is 3. The second-order valence-electron chi connectivity index (χ2n) is 8.15. The molecule has 0 spiro atoms. The number of pyridine rings is 1. The Morgan fingerprint density at radius 1 is 1.29 bits per heavy atom. The van der Waals surface area contributed by atoms with E-state index >= 15 is 0 Å². The van der Waals surface area contributed by atoms with Crippen molar-refractivity contribution in [1.82, 2.24) is 20.2 Å². The first-order valence-corrected chi connectivity index (χ1v) is 10.7. The predicted molar refractivity (Wildman–Crippen MR) is 118 cm³/mol. The predicted octanol–water partition coefficient (Wildman–Crippen LogP) is 2.67. The molecule has 0 saturated carbocycles. The van der Waals surface area contributed by atoms with Gasteiger partial charge in [-0.3, -0.25) is 4.79 Å². The number of alkyl halides is 1. The smallest absolute Gasteiger partial charge is 0.253 e. The molecule has 0 bridgehead atoms. The van der Waals surface area contributed by atoms with Crippen LogP contribution in [0.1, 0.15) is 29.1 Å². The van der Waals surface area contributed by atoms with Crippen LogP contribution in [0.15, 0.2) is 42.7 Å². The fourth-order valence-electron chi connectivity index (χ4n) is 4.30. The van der Waals surface area contributed by atoms with Gasteiger partial charge in [0.2, 0.25) is 0 Å². The molecule has 1 fully saturated rings. The van der Waals surface area contributed by atoms with Crippen LogP contribution in [0.3, 0.4) is 0 Å². The number of piperazine rings is 1. The molecule has 0 aliphatic carbocycles. The van der Waals surface area contributed by atoms with Gasteiger partial charge in [-0.05, 0) is 37.1 Å². The molecule has 0 radical (unpaired) electrons. The lowest BCUT2D eigenvalue weighted by molar-refractivity contribution is 0.0915. The highest BCUT2D eigenvalue weighted by atomic mass is 19.1. The van der Waals surface area contributed by atoms with E-state index in [1.54, 1.807) is 18.3 Å². The van der Waals surface area contributed by atoms with Crippen LogP contribution in [0, 0.1) is 0 Å². The van der Waals surface area contributed by atoms with E-state index in [1.807, 2.05) is 0 Å². The van der Waals surface area contributed by atoms with E-state index < -0.39 is 6.30 Å². The number of fused-ring (bicyclic) bond motifs is 2. The summed E-state index contributed by atoms with van der Waals surface area (Å²) in [6.07, 6.45) is 2.68. The maximum atomic E-state index is 13.6. The third-order valence-corrected chi connectivity index (χ3v) is 5.97. The van der Waals surface area contributed by atoms with Gasteiger partial charge in [-0.15, -0.1) is 0 Å². The summed E-state index contributed by atoms with van der Waals surface area (Å²) < 4.78 is 21.1. The van der Waals surface area contributed by atoms with Gasteiger partial charge in [0.15, 0.2) is 6.30 Å². The van der Waals surface area contributed by atoms with Crippen molar-refractivity contribution in [3.63, 3.8) is 0 Å². The Balaban J connectivity index is 1.26. The van der Waals surface area contributed by atoms with Crippen molar-refractivity contribution in [3.8, 4) is 5.75 Å². The molecule has 1 amide bonds. The van der Waals surface area contributed by atoms with E-state index in [1.165, 1.54) is 23.4 Å². The third-order valence-electron chi connectivity index (χ3n) is 5.97. The summed E-state index contributed by atoms with van der Waals surface area (Å²) in [5.41, 5.74) is 3.26. The maximum absolute atomic E-state index is 13.6. The first-order valence-electron chi connectivity index (χ1n) is 10.7. The molecule has 1 unspecified atom stereocenters. The second-order valence-corrected chi connectivity index (χ2v) is 8.15. The minimum absolute atomic E-state index is 0.115. The highest BCUT2D eigenvalue weighted by molar-refractivity contribution is 5.97. The van der Waals surface area contributed by atoms with Gasteiger partial charge < -0.3 is 24.8 Å². The van der Waals surface area contributed by atoms with Crippen molar-refractivity contribution < 1.29 is 13.9 Å². The number of ether oxygens (including phenoxy) is 1. The highest BCUT2D eigenvalue weighted by Gasteiger charge is 2.23. The summed E-state index contributed by atoms with van der Waals surface area (Å²) in [5, 5.41) is 7.15. The Morgan fingerprint density at radius 2 is 2.13 bits per heavy atom. The average molecular weight is 423 g/mol. The van der Waals surface area contributed by atoms with Crippen LogP contribution in [0.4, 0.5) is 10.1 Å². The molecular weight excluding hydrogens is 397 g/mol. The number of hydrogen-bond acceptors (Lipinski definition) is 5. The number of halogens is 1. The Kier molecular flexibility index (Phi) is 5.23. The summed E-state index contributed by atoms with van der Waals surface area (Å²) in [4.78, 5) is 19.4. The zero-order valence-corrected chi connectivity index (χ0v) is 17.5. The largest absolute Gasteiger partial charge is 0.491 e. The van der Waals surface area contributed by atoms with E-state index in [4.69, 9.17) is 4.74 Å². The Labute approximate surface area is 180 Å². The second kappa shape index (κ2) is 8.19. The van der Waals surface area contributed by atoms with Crippen LogP contribution >= 0.6 is 0 Å². The molecule has 4 heterocycles. The number of aromatic nitrogens is 2. The minimum Gasteiger partial charge on any atom is -0.491 e. The number of carbonyl (C=O) groups is 1. The number of carbonyl (C=O) groups excluding carboxylic acids is 1. The van der Waals surface area contributed by atoms with Crippen molar-refractivity contribution >= 4 is 22.6 Å². The molecule has 2 aliphatic heterocycles. The van der Waals surface area contributed by atoms with Gasteiger partial charge >= 0.3 is 0 Å². The molecule has 162 valence electrons. The third kappa shape index (κ3) is 3.95. The molecule has 5 rings (SSSR count). The van der Waals surface area contributed by atoms with Crippen LogP contribution in [-0.2, 0) is 6.42 Å². The zero-order chi connectivity index (χ0) is 21.4. The SMILES string of the molecule is CC(F)n1ccc2cc(C(=O)N[C@@H]3COc4cc(N5CCNCC5)ccc4C3)cnc21. The number of amides is 1. The van der Waals surface area contributed by atoms with E-state index in [9.17, 15) is 9.18 Å². The van der Waals surface area contributed by atoms with Crippen molar-refractivity contribution in [2.24, 2.45) is 0 Å². The summed E-state index contributed by atoms with van der Waals surface area (Å²) >= 11 is 0. The maximum Gasteiger partial charge on any atom is 0.253 e. The van der Waals surface area contributed by atoms with Gasteiger partial charge in [-0.2, -0.15) is 0 Å². The number of hydrogen-bond donors (Lipinski definition) is 2. The molecule has 2 N–H and O–H groups in total. The molecule has 3 aromatic rings. The van der Waals surface area contributed by atoms with Crippen molar-refractivity contribution in [2.45, 2.75) is 25.7 Å². The topological polar surface area (TPSA) is 71.4 Å². The molecule has 31 heavy (non-hydrogen) atoms. The lowest BCUT2D eigenvalue weighted by Crippen LogP contribution is -2.44. The monoisotopic (exact) mass is 423 g/mol. The molecule has 7 nitrogen and oxygen atoms in total. The number of anilines is 1. The van der Waals surface area contributed by atoms with Gasteiger partial charge in [-0.25, -0.2) is 9.37 Å². The molecule has 8 heteroatoms. The van der Waals surface area contributed by atoms with Gasteiger partial charge in [-0.1, -0.05) is 6.07 Å². The molecule has 1 saturated heterocycles. The van der Waals surface area contributed by atoms with Crippen LogP contribution in [-0.4, -0.2) is 54.3 Å². The van der Waals surface area contributed by atoms with Gasteiger partial charge in [0.05, 0.1) is 11.6 Å². The summed E-state index contributed by atoms with van der Waals surface area (Å²) in [5.74, 6) is 0.691. The fourth-order valence-corrected chi connectivity index (χ4v) is 4.30. The van der Waals surface area contributed by atoms with Crippen molar-refractivity contribution in [2.75, 3.05) is 37.7 Å². The highest BCUT2D eigenvalue weighted by Crippen LogP contribution is 2.30. The average Bonchev–Trinajstić information content (AvgIpc) is 3.23. The molecule has 2 atom stereocenters. The van der Waals surface area contributed by atoms with E-state index in [2.05, 4.69) is 38.7 Å². The molecule has 2 aliphatic rings. The number of nitrogens with one attached hydrogen (secondary N) is 2. The summed E-state index contributed by atoms with van der Waals surface area (Å²) in [6, 6.07) is 9.73. The van der Waals surface area contributed by atoms with Crippen LogP contribution in [0.25, 0.3) is 11.0 Å². The van der Waals surface area contributed by atoms with Gasteiger partial charge in [0.25, 0.3) is 5.91 Å². The van der Waals surface area contributed by atoms with E-state index in [0.717, 1.165) is 42.9 Å².